The Labute approximate surface area is 82.7 Å². The number of nitrogens with zero attached hydrogens (tertiary/aromatic N) is 1. The zero-order chi connectivity index (χ0) is 9.80. The fraction of sp³-hybridized carbons (Fsp3) is 0.182. The van der Waals surface area contributed by atoms with Crippen LogP contribution in [0.3, 0.4) is 0 Å². The highest BCUT2D eigenvalue weighted by Crippen LogP contribution is 1.98. The first-order valence-electron chi connectivity index (χ1n) is 4.60. The normalized spacial score (nSPS) is 10.4. The Bertz CT molecular complexity index is 395. The molecule has 0 spiro atoms. The molecule has 3 nitrogen and oxygen atoms in total. The predicted octanol–water partition coefficient (Wildman–Crippen LogP) is 0.843. The van der Waals surface area contributed by atoms with Crippen molar-refractivity contribution in [2.45, 2.75) is 13.2 Å². The zero-order valence-corrected chi connectivity index (χ0v) is 7.85. The number of hydrogen-bond acceptors (Lipinski definition) is 1. The SMILES string of the molecule is OCc1c[nH]c[n+]1Cc1ccccc1. The van der Waals surface area contributed by atoms with Crippen LogP contribution in [0.1, 0.15) is 11.3 Å². The topological polar surface area (TPSA) is 39.9 Å². The van der Waals surface area contributed by atoms with E-state index in [1.54, 1.807) is 0 Å². The lowest BCUT2D eigenvalue weighted by Crippen LogP contribution is -2.36. The molecule has 0 radical (unpaired) electrons. The number of H-pyrrole nitrogens is 1. The molecule has 0 aliphatic carbocycles. The van der Waals surface area contributed by atoms with Gasteiger partial charge in [-0.25, -0.2) is 9.55 Å². The summed E-state index contributed by atoms with van der Waals surface area (Å²) >= 11 is 0. The van der Waals surface area contributed by atoms with Gasteiger partial charge >= 0.3 is 0 Å². The lowest BCUT2D eigenvalue weighted by atomic mass is 10.2. The van der Waals surface area contributed by atoms with E-state index in [-0.39, 0.29) is 6.61 Å². The van der Waals surface area contributed by atoms with E-state index in [4.69, 9.17) is 5.11 Å². The molecule has 0 fully saturated rings. The molecule has 2 rings (SSSR count). The minimum absolute atomic E-state index is 0.0658. The van der Waals surface area contributed by atoms with Gasteiger partial charge in [-0.1, -0.05) is 30.3 Å². The summed E-state index contributed by atoms with van der Waals surface area (Å²) in [5.41, 5.74) is 2.13. The predicted molar refractivity (Wildman–Crippen MR) is 52.5 cm³/mol. The summed E-state index contributed by atoms with van der Waals surface area (Å²) in [5, 5.41) is 9.04. The van der Waals surface area contributed by atoms with Crippen molar-refractivity contribution in [1.29, 1.82) is 0 Å². The molecule has 14 heavy (non-hydrogen) atoms. The van der Waals surface area contributed by atoms with Crippen LogP contribution in [0.15, 0.2) is 42.9 Å². The molecular weight excluding hydrogens is 176 g/mol. The van der Waals surface area contributed by atoms with Crippen molar-refractivity contribution < 1.29 is 9.67 Å². The average molecular weight is 189 g/mol. The van der Waals surface area contributed by atoms with Crippen LogP contribution in [0.5, 0.6) is 0 Å². The van der Waals surface area contributed by atoms with Crippen LogP contribution in [0, 0.1) is 0 Å². The fourth-order valence-electron chi connectivity index (χ4n) is 1.45. The number of aliphatic hydroxyl groups excluding tert-OH is 1. The maximum absolute atomic E-state index is 9.04. The number of aliphatic hydroxyl groups is 1. The van der Waals surface area contributed by atoms with Gasteiger partial charge in [-0.3, -0.25) is 0 Å². The van der Waals surface area contributed by atoms with Crippen LogP contribution in [0.25, 0.3) is 0 Å². The Morgan fingerprint density at radius 2 is 2.00 bits per heavy atom. The Kier molecular flexibility index (Phi) is 2.60. The van der Waals surface area contributed by atoms with Gasteiger partial charge in [0, 0.05) is 0 Å². The highest BCUT2D eigenvalue weighted by atomic mass is 16.3. The molecule has 1 heterocycles. The highest BCUT2D eigenvalue weighted by Gasteiger charge is 2.07. The molecule has 0 aliphatic heterocycles. The minimum Gasteiger partial charge on any atom is -0.388 e. The van der Waals surface area contributed by atoms with E-state index >= 15 is 0 Å². The summed E-state index contributed by atoms with van der Waals surface area (Å²) in [6.07, 6.45) is 3.67. The molecule has 0 atom stereocenters. The number of rotatable bonds is 3. The third-order valence-corrected chi connectivity index (χ3v) is 2.21. The zero-order valence-electron chi connectivity index (χ0n) is 7.85. The number of aromatic nitrogens is 2. The van der Waals surface area contributed by atoms with E-state index < -0.39 is 0 Å². The van der Waals surface area contributed by atoms with E-state index in [2.05, 4.69) is 17.1 Å². The van der Waals surface area contributed by atoms with Crippen LogP contribution in [-0.4, -0.2) is 10.1 Å². The molecule has 2 aromatic rings. The van der Waals surface area contributed by atoms with Crippen molar-refractivity contribution in [3.63, 3.8) is 0 Å². The van der Waals surface area contributed by atoms with Crippen molar-refractivity contribution in [2.75, 3.05) is 0 Å². The van der Waals surface area contributed by atoms with Gasteiger partial charge in [-0.2, -0.15) is 0 Å². The lowest BCUT2D eigenvalue weighted by Gasteiger charge is -1.99. The van der Waals surface area contributed by atoms with Gasteiger partial charge in [0.2, 0.25) is 6.33 Å². The van der Waals surface area contributed by atoms with Crippen LogP contribution >= 0.6 is 0 Å². The second-order valence-corrected chi connectivity index (χ2v) is 3.20. The van der Waals surface area contributed by atoms with Crippen molar-refractivity contribution in [2.24, 2.45) is 0 Å². The number of benzene rings is 1. The number of aromatic amines is 1. The molecular formula is C11H13N2O+. The van der Waals surface area contributed by atoms with Crippen LogP contribution < -0.4 is 4.57 Å². The highest BCUT2D eigenvalue weighted by molar-refractivity contribution is 5.13. The summed E-state index contributed by atoms with van der Waals surface area (Å²) in [6, 6.07) is 10.2. The minimum atomic E-state index is 0.0658. The first-order valence-corrected chi connectivity index (χ1v) is 4.60. The Balaban J connectivity index is 2.19. The number of imidazole rings is 1. The standard InChI is InChI=1S/C11H12N2O/c14-8-11-6-12-9-13(11)7-10-4-2-1-3-5-10/h1-6,9,14H,7-8H2/p+1. The molecule has 2 N–H and O–H groups in total. The van der Waals surface area contributed by atoms with Crippen molar-refractivity contribution in [3.05, 3.63) is 54.1 Å². The second-order valence-electron chi connectivity index (χ2n) is 3.20. The number of hydrogen-bond donors (Lipinski definition) is 2. The Morgan fingerprint density at radius 1 is 1.21 bits per heavy atom. The van der Waals surface area contributed by atoms with E-state index in [1.165, 1.54) is 5.56 Å². The lowest BCUT2D eigenvalue weighted by molar-refractivity contribution is -0.695. The van der Waals surface area contributed by atoms with Crippen molar-refractivity contribution in [1.82, 2.24) is 4.98 Å². The number of nitrogens with one attached hydrogen (secondary N) is 1. The van der Waals surface area contributed by atoms with Gasteiger partial charge in [0.05, 0.1) is 0 Å². The van der Waals surface area contributed by atoms with Gasteiger partial charge in [-0.15, -0.1) is 0 Å². The summed E-state index contributed by atoms with van der Waals surface area (Å²) in [5.74, 6) is 0. The van der Waals surface area contributed by atoms with Gasteiger partial charge in [0.15, 0.2) is 5.69 Å². The molecule has 72 valence electrons. The fourth-order valence-corrected chi connectivity index (χ4v) is 1.45. The molecule has 0 amide bonds. The Morgan fingerprint density at radius 3 is 2.71 bits per heavy atom. The first-order chi connectivity index (χ1) is 6.90. The maximum atomic E-state index is 9.04. The van der Waals surface area contributed by atoms with Gasteiger partial charge in [0.1, 0.15) is 19.3 Å². The summed E-state index contributed by atoms with van der Waals surface area (Å²) < 4.78 is 2.00. The van der Waals surface area contributed by atoms with Crippen LogP contribution in [-0.2, 0) is 13.2 Å². The molecule has 0 aliphatic rings. The van der Waals surface area contributed by atoms with Gasteiger partial charge in [-0.05, 0) is 5.56 Å². The van der Waals surface area contributed by atoms with Gasteiger partial charge < -0.3 is 5.11 Å². The van der Waals surface area contributed by atoms with Crippen molar-refractivity contribution in [3.8, 4) is 0 Å². The van der Waals surface area contributed by atoms with E-state index in [1.807, 2.05) is 35.3 Å². The van der Waals surface area contributed by atoms with E-state index in [0.717, 1.165) is 12.2 Å². The molecule has 3 heteroatoms. The summed E-state index contributed by atoms with van der Waals surface area (Å²) in [4.78, 5) is 2.97. The third-order valence-electron chi connectivity index (χ3n) is 2.21. The smallest absolute Gasteiger partial charge is 0.242 e. The third kappa shape index (κ3) is 1.83. The molecule has 1 aromatic heterocycles. The molecule has 0 bridgehead atoms. The second kappa shape index (κ2) is 4.07. The van der Waals surface area contributed by atoms with Gasteiger partial charge in [0.25, 0.3) is 0 Å². The molecule has 0 saturated heterocycles. The molecule has 0 saturated carbocycles. The Hall–Kier alpha value is -1.61. The first kappa shape index (κ1) is 8.97. The summed E-state index contributed by atoms with van der Waals surface area (Å²) in [7, 11) is 0. The quantitative estimate of drug-likeness (QED) is 0.690. The van der Waals surface area contributed by atoms with E-state index in [9.17, 15) is 0 Å². The monoisotopic (exact) mass is 189 g/mol. The van der Waals surface area contributed by atoms with Crippen molar-refractivity contribution >= 4 is 0 Å². The average Bonchev–Trinajstić information content (AvgIpc) is 2.67. The maximum Gasteiger partial charge on any atom is 0.242 e. The molecule has 1 aromatic carbocycles. The van der Waals surface area contributed by atoms with Crippen LogP contribution in [0.2, 0.25) is 0 Å². The largest absolute Gasteiger partial charge is 0.388 e. The summed E-state index contributed by atoms with van der Waals surface area (Å²) in [6.45, 7) is 0.858. The molecule has 0 unspecified atom stereocenters. The van der Waals surface area contributed by atoms with E-state index in [0.29, 0.717) is 0 Å². The van der Waals surface area contributed by atoms with Crippen LogP contribution in [0.4, 0.5) is 0 Å².